The van der Waals surface area contributed by atoms with Crippen molar-refractivity contribution in [3.8, 4) is 17.1 Å². The first kappa shape index (κ1) is 20.7. The van der Waals surface area contributed by atoms with Crippen molar-refractivity contribution in [3.63, 3.8) is 0 Å². The second-order valence-electron chi connectivity index (χ2n) is 10.1. The molecule has 34 heavy (non-hydrogen) atoms. The van der Waals surface area contributed by atoms with Crippen LogP contribution in [0.4, 0.5) is 0 Å². The summed E-state index contributed by atoms with van der Waals surface area (Å²) in [5, 5.41) is 2.43. The number of hydrogen-bond acceptors (Lipinski definition) is 2. The number of hydrogen-bond donors (Lipinski definition) is 0. The summed E-state index contributed by atoms with van der Waals surface area (Å²) in [5.74, 6) is 1.84. The molecular formula is C30H28N3O+. The zero-order valence-corrected chi connectivity index (χ0v) is 20.3. The van der Waals surface area contributed by atoms with Gasteiger partial charge < -0.3 is 4.42 Å². The molecule has 0 saturated carbocycles. The average Bonchev–Trinajstić information content (AvgIpc) is 3.39. The van der Waals surface area contributed by atoms with Crippen molar-refractivity contribution in [3.05, 3.63) is 90.3 Å². The number of benzene rings is 4. The minimum Gasteiger partial charge on any atom is -0.439 e. The largest absolute Gasteiger partial charge is 0.439 e. The SMILES string of the molecule is Cc1ccc2nc(C(C)(C)C)oc2c1-c1n(-c2cccc3ccccc23)c2ccccc2[n+]1C. The molecular weight excluding hydrogens is 418 g/mol. The smallest absolute Gasteiger partial charge is 0.299 e. The van der Waals surface area contributed by atoms with E-state index in [9.17, 15) is 0 Å². The first-order valence-electron chi connectivity index (χ1n) is 11.7. The third kappa shape index (κ3) is 2.98. The van der Waals surface area contributed by atoms with Crippen LogP contribution in [0.5, 0.6) is 0 Å². The molecule has 0 amide bonds. The quantitative estimate of drug-likeness (QED) is 0.268. The fourth-order valence-corrected chi connectivity index (χ4v) is 4.93. The van der Waals surface area contributed by atoms with E-state index in [2.05, 4.69) is 123 Å². The van der Waals surface area contributed by atoms with Gasteiger partial charge in [-0.05, 0) is 42.1 Å². The van der Waals surface area contributed by atoms with Gasteiger partial charge in [0.1, 0.15) is 16.8 Å². The molecule has 6 aromatic rings. The van der Waals surface area contributed by atoms with E-state index in [1.54, 1.807) is 0 Å². The van der Waals surface area contributed by atoms with Crippen LogP contribution >= 0.6 is 0 Å². The molecule has 0 N–H and O–H groups in total. The molecule has 2 heterocycles. The second-order valence-corrected chi connectivity index (χ2v) is 10.1. The molecule has 0 aliphatic heterocycles. The Morgan fingerprint density at radius 3 is 2.41 bits per heavy atom. The second kappa shape index (κ2) is 7.29. The molecule has 6 rings (SSSR count). The molecule has 4 heteroatoms. The fraction of sp³-hybridized carbons (Fsp3) is 0.200. The number of aromatic nitrogens is 3. The summed E-state index contributed by atoms with van der Waals surface area (Å²) in [6.07, 6.45) is 0. The Kier molecular flexibility index (Phi) is 4.43. The van der Waals surface area contributed by atoms with Crippen molar-refractivity contribution in [1.29, 1.82) is 0 Å². The topological polar surface area (TPSA) is 34.8 Å². The molecule has 0 unspecified atom stereocenters. The zero-order chi connectivity index (χ0) is 23.6. The van der Waals surface area contributed by atoms with Gasteiger partial charge in [-0.2, -0.15) is 4.57 Å². The molecule has 0 spiro atoms. The summed E-state index contributed by atoms with van der Waals surface area (Å²) < 4.78 is 11.1. The monoisotopic (exact) mass is 446 g/mol. The minimum atomic E-state index is -0.172. The maximum absolute atomic E-state index is 6.49. The normalized spacial score (nSPS) is 12.3. The van der Waals surface area contributed by atoms with Gasteiger partial charge in [-0.25, -0.2) is 9.55 Å². The number of fused-ring (bicyclic) bond motifs is 3. The molecule has 0 radical (unpaired) electrons. The van der Waals surface area contributed by atoms with Gasteiger partial charge in [0, 0.05) is 10.8 Å². The minimum absolute atomic E-state index is 0.172. The molecule has 0 atom stereocenters. The summed E-state index contributed by atoms with van der Waals surface area (Å²) in [4.78, 5) is 4.86. The fourth-order valence-electron chi connectivity index (χ4n) is 4.93. The maximum atomic E-state index is 6.49. The molecule has 0 fully saturated rings. The van der Waals surface area contributed by atoms with Gasteiger partial charge in [-0.1, -0.05) is 75.4 Å². The number of oxazole rings is 1. The van der Waals surface area contributed by atoms with E-state index in [1.165, 1.54) is 10.8 Å². The number of rotatable bonds is 2. The van der Waals surface area contributed by atoms with Crippen molar-refractivity contribution in [2.75, 3.05) is 0 Å². The molecule has 0 aliphatic rings. The average molecular weight is 447 g/mol. The van der Waals surface area contributed by atoms with Crippen LogP contribution in [0.25, 0.3) is 50.0 Å². The van der Waals surface area contributed by atoms with Crippen molar-refractivity contribution < 1.29 is 8.98 Å². The van der Waals surface area contributed by atoms with E-state index in [-0.39, 0.29) is 5.41 Å². The Morgan fingerprint density at radius 1 is 0.853 bits per heavy atom. The number of aryl methyl sites for hydroxylation is 2. The highest BCUT2D eigenvalue weighted by atomic mass is 16.3. The zero-order valence-electron chi connectivity index (χ0n) is 20.3. The predicted molar refractivity (Wildman–Crippen MR) is 138 cm³/mol. The van der Waals surface area contributed by atoms with E-state index in [1.807, 2.05) is 0 Å². The number of para-hydroxylation sites is 2. The maximum Gasteiger partial charge on any atom is 0.299 e. The summed E-state index contributed by atoms with van der Waals surface area (Å²) in [6.45, 7) is 8.56. The van der Waals surface area contributed by atoms with Gasteiger partial charge in [0.25, 0.3) is 5.82 Å². The van der Waals surface area contributed by atoms with Crippen molar-refractivity contribution in [2.24, 2.45) is 7.05 Å². The van der Waals surface area contributed by atoms with Crippen LogP contribution in [0.1, 0.15) is 32.2 Å². The van der Waals surface area contributed by atoms with Gasteiger partial charge in [0.05, 0.1) is 7.05 Å². The van der Waals surface area contributed by atoms with Gasteiger partial charge >= 0.3 is 0 Å². The van der Waals surface area contributed by atoms with Crippen molar-refractivity contribution >= 4 is 32.9 Å². The van der Waals surface area contributed by atoms with Crippen LogP contribution in [0, 0.1) is 6.92 Å². The van der Waals surface area contributed by atoms with Crippen LogP contribution in [0.3, 0.4) is 0 Å². The first-order valence-corrected chi connectivity index (χ1v) is 11.7. The summed E-state index contributed by atoms with van der Waals surface area (Å²) in [7, 11) is 2.14. The van der Waals surface area contributed by atoms with Gasteiger partial charge in [-0.15, -0.1) is 0 Å². The molecule has 4 nitrogen and oxygen atoms in total. The highest BCUT2D eigenvalue weighted by molar-refractivity contribution is 5.96. The van der Waals surface area contributed by atoms with Crippen LogP contribution in [0.15, 0.2) is 83.3 Å². The van der Waals surface area contributed by atoms with Gasteiger partial charge in [-0.3, -0.25) is 0 Å². The lowest BCUT2D eigenvalue weighted by atomic mass is 9.97. The Hall–Kier alpha value is -3.92. The van der Waals surface area contributed by atoms with Crippen LogP contribution in [-0.4, -0.2) is 9.55 Å². The molecule has 0 aliphatic carbocycles. The van der Waals surface area contributed by atoms with Crippen molar-refractivity contribution in [2.45, 2.75) is 33.1 Å². The molecule has 2 aromatic heterocycles. The summed E-state index contributed by atoms with van der Waals surface area (Å²) >= 11 is 0. The highest BCUT2D eigenvalue weighted by Crippen LogP contribution is 2.37. The lowest BCUT2D eigenvalue weighted by molar-refractivity contribution is -0.633. The highest BCUT2D eigenvalue weighted by Gasteiger charge is 2.32. The Morgan fingerprint density at radius 2 is 1.59 bits per heavy atom. The van der Waals surface area contributed by atoms with Gasteiger partial charge in [0.2, 0.25) is 5.89 Å². The number of nitrogens with zero attached hydrogens (tertiary/aromatic N) is 3. The van der Waals surface area contributed by atoms with Crippen molar-refractivity contribution in [1.82, 2.24) is 9.55 Å². The Bertz CT molecular complexity index is 1710. The Balaban J connectivity index is 1.79. The number of imidazole rings is 1. The van der Waals surface area contributed by atoms with Crippen LogP contribution in [0.2, 0.25) is 0 Å². The lowest BCUT2D eigenvalue weighted by Crippen LogP contribution is -2.30. The third-order valence-corrected chi connectivity index (χ3v) is 6.65. The van der Waals surface area contributed by atoms with E-state index in [0.29, 0.717) is 0 Å². The molecule has 0 bridgehead atoms. The summed E-state index contributed by atoms with van der Waals surface area (Å²) in [5.41, 5.74) is 7.26. The standard InChI is InChI=1S/C30H28N3O/c1-19-17-18-22-27(34-29(31-22)30(2,3)4)26(19)28-32(5)24-14-8-9-15-25(24)33(28)23-16-10-12-20-11-6-7-13-21(20)23/h6-18H,1-5H3/q+1. The molecule has 168 valence electrons. The van der Waals surface area contributed by atoms with E-state index < -0.39 is 0 Å². The van der Waals surface area contributed by atoms with Crippen LogP contribution in [-0.2, 0) is 12.5 Å². The molecule has 4 aromatic carbocycles. The van der Waals surface area contributed by atoms with E-state index >= 15 is 0 Å². The van der Waals surface area contributed by atoms with E-state index in [4.69, 9.17) is 9.40 Å². The first-order chi connectivity index (χ1) is 16.3. The summed E-state index contributed by atoms with van der Waals surface area (Å²) in [6, 6.07) is 27.9. The Labute approximate surface area is 199 Å². The lowest BCUT2D eigenvalue weighted by Gasteiger charge is -2.12. The van der Waals surface area contributed by atoms with E-state index in [0.717, 1.165) is 50.7 Å². The van der Waals surface area contributed by atoms with Crippen LogP contribution < -0.4 is 4.57 Å². The third-order valence-electron chi connectivity index (χ3n) is 6.65. The van der Waals surface area contributed by atoms with Gasteiger partial charge in [0.15, 0.2) is 16.6 Å². The molecule has 0 saturated heterocycles. The predicted octanol–water partition coefficient (Wildman–Crippen LogP) is 7.02.